The maximum Gasteiger partial charge on any atom is 0.246 e. The molecule has 0 aliphatic rings. The Morgan fingerprint density at radius 1 is 1.30 bits per heavy atom. The zero-order chi connectivity index (χ0) is 15.9. The minimum atomic E-state index is 0. The zero-order valence-electron chi connectivity index (χ0n) is 14.0. The summed E-state index contributed by atoms with van der Waals surface area (Å²) < 4.78 is 7.06. The van der Waals surface area contributed by atoms with Gasteiger partial charge in [0.15, 0.2) is 11.8 Å². The van der Waals surface area contributed by atoms with Crippen LogP contribution in [0.3, 0.4) is 0 Å². The van der Waals surface area contributed by atoms with Crippen molar-refractivity contribution in [1.82, 2.24) is 30.6 Å². The van der Waals surface area contributed by atoms with E-state index in [1.165, 1.54) is 5.69 Å². The molecule has 0 bridgehead atoms. The smallest absolute Gasteiger partial charge is 0.246 e. The lowest BCUT2D eigenvalue weighted by Crippen LogP contribution is -2.37. The van der Waals surface area contributed by atoms with Crippen molar-refractivity contribution in [2.45, 2.75) is 40.3 Å². The highest BCUT2D eigenvalue weighted by molar-refractivity contribution is 14.0. The van der Waals surface area contributed by atoms with Gasteiger partial charge in [0.05, 0.1) is 12.2 Å². The van der Waals surface area contributed by atoms with Gasteiger partial charge in [-0.1, -0.05) is 5.16 Å². The summed E-state index contributed by atoms with van der Waals surface area (Å²) in [5.41, 5.74) is 2.24. The fourth-order valence-electron chi connectivity index (χ4n) is 2.13. The molecule has 23 heavy (non-hydrogen) atoms. The van der Waals surface area contributed by atoms with E-state index < -0.39 is 0 Å². The second-order valence-electron chi connectivity index (χ2n) is 5.09. The van der Waals surface area contributed by atoms with Crippen LogP contribution in [-0.4, -0.2) is 39.5 Å². The lowest BCUT2D eigenvalue weighted by atomic mass is 10.4. The number of aliphatic imine (C=N–C) groups is 1. The van der Waals surface area contributed by atoms with Gasteiger partial charge in [-0.3, -0.25) is 9.67 Å². The van der Waals surface area contributed by atoms with Crippen LogP contribution >= 0.6 is 24.0 Å². The third-order valence-electron chi connectivity index (χ3n) is 3.14. The number of halogens is 1. The molecule has 2 aromatic heterocycles. The molecule has 0 atom stereocenters. The first-order valence-corrected chi connectivity index (χ1v) is 7.33. The van der Waals surface area contributed by atoms with Gasteiger partial charge < -0.3 is 15.2 Å². The third kappa shape index (κ3) is 6.16. The third-order valence-corrected chi connectivity index (χ3v) is 3.14. The number of aromatic nitrogens is 4. The molecule has 2 heterocycles. The number of rotatable bonds is 6. The molecule has 0 aliphatic carbocycles. The van der Waals surface area contributed by atoms with E-state index in [2.05, 4.69) is 43.9 Å². The molecule has 2 N–H and O–H groups in total. The number of aryl methyl sites for hydroxylation is 4. The highest BCUT2D eigenvalue weighted by Crippen LogP contribution is 2.02. The van der Waals surface area contributed by atoms with Crippen molar-refractivity contribution < 1.29 is 4.52 Å². The second-order valence-corrected chi connectivity index (χ2v) is 5.09. The van der Waals surface area contributed by atoms with Crippen LogP contribution in [0.4, 0.5) is 0 Å². The van der Waals surface area contributed by atoms with Crippen LogP contribution in [0.25, 0.3) is 0 Å². The van der Waals surface area contributed by atoms with Gasteiger partial charge in [-0.05, 0) is 33.3 Å². The maximum absolute atomic E-state index is 5.04. The van der Waals surface area contributed by atoms with Crippen LogP contribution in [-0.2, 0) is 13.1 Å². The maximum atomic E-state index is 5.04. The molecule has 0 saturated heterocycles. The molecule has 2 aromatic rings. The van der Waals surface area contributed by atoms with E-state index in [1.807, 2.05) is 11.6 Å². The minimum Gasteiger partial charge on any atom is -0.356 e. The second kappa shape index (κ2) is 9.48. The Morgan fingerprint density at radius 2 is 2.09 bits per heavy atom. The van der Waals surface area contributed by atoms with Crippen LogP contribution in [0.1, 0.15) is 29.5 Å². The normalized spacial score (nSPS) is 11.2. The Labute approximate surface area is 153 Å². The molecule has 0 saturated carbocycles. The average Bonchev–Trinajstić information content (AvgIpc) is 3.03. The van der Waals surface area contributed by atoms with Crippen molar-refractivity contribution in [3.05, 3.63) is 29.2 Å². The first-order chi connectivity index (χ1) is 10.6. The van der Waals surface area contributed by atoms with Crippen LogP contribution in [0.15, 0.2) is 15.6 Å². The Balaban J connectivity index is 0.00000264. The fraction of sp³-hybridized carbons (Fsp3) is 0.571. The van der Waals surface area contributed by atoms with Crippen LogP contribution < -0.4 is 10.6 Å². The van der Waals surface area contributed by atoms with Crippen LogP contribution in [0, 0.1) is 20.8 Å². The van der Waals surface area contributed by atoms with Crippen LogP contribution in [0.2, 0.25) is 0 Å². The summed E-state index contributed by atoms with van der Waals surface area (Å²) in [5, 5.41) is 14.6. The van der Waals surface area contributed by atoms with Crippen molar-refractivity contribution in [2.24, 2.45) is 4.99 Å². The topological polar surface area (TPSA) is 93.2 Å². The number of guanidine groups is 1. The highest BCUT2D eigenvalue weighted by atomic mass is 127. The van der Waals surface area contributed by atoms with E-state index in [-0.39, 0.29) is 24.0 Å². The van der Waals surface area contributed by atoms with Gasteiger partial charge in [0.2, 0.25) is 5.89 Å². The molecule has 0 unspecified atom stereocenters. The summed E-state index contributed by atoms with van der Waals surface area (Å²) in [4.78, 5) is 8.29. The summed E-state index contributed by atoms with van der Waals surface area (Å²) >= 11 is 0. The van der Waals surface area contributed by atoms with Gasteiger partial charge in [0.1, 0.15) is 0 Å². The first kappa shape index (κ1) is 19.4. The Hall–Kier alpha value is -1.65. The quantitative estimate of drug-likeness (QED) is 0.311. The van der Waals surface area contributed by atoms with Crippen molar-refractivity contribution in [2.75, 3.05) is 13.6 Å². The number of nitrogens with zero attached hydrogens (tertiary/aromatic N) is 5. The van der Waals surface area contributed by atoms with Crippen molar-refractivity contribution in [3.8, 4) is 0 Å². The van der Waals surface area contributed by atoms with Gasteiger partial charge in [-0.25, -0.2) is 0 Å². The average molecular weight is 433 g/mol. The zero-order valence-corrected chi connectivity index (χ0v) is 16.3. The van der Waals surface area contributed by atoms with E-state index in [0.717, 1.165) is 25.2 Å². The minimum absolute atomic E-state index is 0. The standard InChI is InChI=1S/C14H23N7O.HI/c1-10-8-11(2)21(19-10)7-5-6-16-14(15-4)17-9-13-18-12(3)20-22-13;/h8H,5-7,9H2,1-4H3,(H2,15,16,17);1H. The van der Waals surface area contributed by atoms with Gasteiger partial charge in [0, 0.05) is 25.8 Å². The van der Waals surface area contributed by atoms with Gasteiger partial charge >= 0.3 is 0 Å². The number of hydrogen-bond acceptors (Lipinski definition) is 5. The Bertz CT molecular complexity index is 635. The summed E-state index contributed by atoms with van der Waals surface area (Å²) in [6.07, 6.45) is 0.961. The molecular weight excluding hydrogens is 409 g/mol. The predicted octanol–water partition coefficient (Wildman–Crippen LogP) is 1.56. The summed E-state index contributed by atoms with van der Waals surface area (Å²) in [6, 6.07) is 2.08. The van der Waals surface area contributed by atoms with E-state index in [9.17, 15) is 0 Å². The molecule has 0 amide bonds. The monoisotopic (exact) mass is 433 g/mol. The molecule has 0 fully saturated rings. The molecule has 0 aliphatic heterocycles. The largest absolute Gasteiger partial charge is 0.356 e. The summed E-state index contributed by atoms with van der Waals surface area (Å²) in [5.74, 6) is 1.89. The summed E-state index contributed by atoms with van der Waals surface area (Å²) in [7, 11) is 1.73. The lowest BCUT2D eigenvalue weighted by molar-refractivity contribution is 0.371. The van der Waals surface area contributed by atoms with E-state index in [0.29, 0.717) is 24.2 Å². The van der Waals surface area contributed by atoms with Gasteiger partial charge in [-0.15, -0.1) is 24.0 Å². The van der Waals surface area contributed by atoms with E-state index >= 15 is 0 Å². The number of hydrogen-bond donors (Lipinski definition) is 2. The predicted molar refractivity (Wildman–Crippen MR) is 99.0 cm³/mol. The van der Waals surface area contributed by atoms with Gasteiger partial charge in [-0.2, -0.15) is 10.1 Å². The molecule has 128 valence electrons. The van der Waals surface area contributed by atoms with Crippen LogP contribution in [0.5, 0.6) is 0 Å². The molecule has 0 spiro atoms. The molecule has 2 rings (SSSR count). The fourth-order valence-corrected chi connectivity index (χ4v) is 2.13. The van der Waals surface area contributed by atoms with Crippen molar-refractivity contribution >= 4 is 29.9 Å². The SMILES string of the molecule is CN=C(NCCCn1nc(C)cc1C)NCc1nc(C)no1.I. The molecule has 0 aromatic carbocycles. The first-order valence-electron chi connectivity index (χ1n) is 7.33. The Kier molecular flexibility index (Phi) is 8.00. The molecular formula is C14H24IN7O. The molecule has 8 nitrogen and oxygen atoms in total. The van der Waals surface area contributed by atoms with E-state index in [1.54, 1.807) is 14.0 Å². The van der Waals surface area contributed by atoms with Crippen molar-refractivity contribution in [1.29, 1.82) is 0 Å². The highest BCUT2D eigenvalue weighted by Gasteiger charge is 2.04. The molecule has 9 heteroatoms. The lowest BCUT2D eigenvalue weighted by Gasteiger charge is -2.10. The molecule has 0 radical (unpaired) electrons. The van der Waals surface area contributed by atoms with Gasteiger partial charge in [0.25, 0.3) is 0 Å². The van der Waals surface area contributed by atoms with E-state index in [4.69, 9.17) is 4.52 Å². The number of nitrogens with one attached hydrogen (secondary N) is 2. The summed E-state index contributed by atoms with van der Waals surface area (Å²) in [6.45, 7) is 8.01. The van der Waals surface area contributed by atoms with Crippen molar-refractivity contribution in [3.63, 3.8) is 0 Å². The Morgan fingerprint density at radius 3 is 2.65 bits per heavy atom.